The van der Waals surface area contributed by atoms with E-state index in [4.69, 9.17) is 9.47 Å². The Morgan fingerprint density at radius 1 is 1.39 bits per heavy atom. The third kappa shape index (κ3) is 4.64. The number of hydrogen-bond donors (Lipinski definition) is 2. The molecule has 0 saturated carbocycles. The second-order valence-corrected chi connectivity index (χ2v) is 3.36. The molecule has 0 fully saturated rings. The van der Waals surface area contributed by atoms with Gasteiger partial charge >= 0.3 is 0 Å². The second-order valence-electron chi connectivity index (χ2n) is 3.36. The summed E-state index contributed by atoms with van der Waals surface area (Å²) in [7, 11) is 0. The highest BCUT2D eigenvalue weighted by Crippen LogP contribution is 1.95. The van der Waals surface area contributed by atoms with Gasteiger partial charge in [-0.05, 0) is 19.9 Å². The van der Waals surface area contributed by atoms with Gasteiger partial charge in [0, 0.05) is 19.3 Å². The highest BCUT2D eigenvalue weighted by Gasteiger charge is 2.12. The van der Waals surface area contributed by atoms with E-state index >= 15 is 0 Å². The maximum Gasteiger partial charge on any atom is 0.271 e. The Kier molecular flexibility index (Phi) is 6.03. The van der Waals surface area contributed by atoms with Gasteiger partial charge in [0.05, 0.1) is 6.54 Å². The minimum atomic E-state index is -0.480. The van der Waals surface area contributed by atoms with Crippen LogP contribution in [0.4, 0.5) is 0 Å². The van der Waals surface area contributed by atoms with E-state index in [1.165, 1.54) is 12.1 Å². The molecule has 2 N–H and O–H groups in total. The van der Waals surface area contributed by atoms with E-state index in [1.54, 1.807) is 0 Å². The zero-order chi connectivity index (χ0) is 13.4. The van der Waals surface area contributed by atoms with Crippen molar-refractivity contribution in [2.45, 2.75) is 20.1 Å². The molecule has 0 aliphatic carbocycles. The number of ether oxygens (including phenoxy) is 2. The molecule has 100 valence electrons. The van der Waals surface area contributed by atoms with E-state index in [0.717, 1.165) is 0 Å². The molecular weight excluding hydrogens is 238 g/mol. The lowest BCUT2D eigenvalue weighted by atomic mass is 10.3. The topological polar surface area (TPSA) is 93.3 Å². The van der Waals surface area contributed by atoms with Crippen molar-refractivity contribution in [2.24, 2.45) is 0 Å². The smallest absolute Gasteiger partial charge is 0.271 e. The van der Waals surface area contributed by atoms with Gasteiger partial charge in [-0.15, -0.1) is 0 Å². The number of nitrogens with zero attached hydrogens (tertiary/aromatic N) is 1. The minimum absolute atomic E-state index is 0.140. The Balaban J connectivity index is 2.48. The molecule has 1 rings (SSSR count). The van der Waals surface area contributed by atoms with E-state index in [-0.39, 0.29) is 17.8 Å². The molecule has 18 heavy (non-hydrogen) atoms. The summed E-state index contributed by atoms with van der Waals surface area (Å²) in [6, 6.07) is 2.59. The molecule has 0 spiro atoms. The summed E-state index contributed by atoms with van der Waals surface area (Å²) in [6.45, 7) is 4.91. The minimum Gasteiger partial charge on any atom is -0.351 e. The number of aromatic nitrogens is 2. The van der Waals surface area contributed by atoms with E-state index in [0.29, 0.717) is 13.2 Å². The van der Waals surface area contributed by atoms with Crippen LogP contribution in [-0.2, 0) is 9.47 Å². The number of carbonyl (C=O) groups is 1. The number of amides is 1. The molecule has 1 aromatic heterocycles. The molecule has 0 radical (unpaired) electrons. The van der Waals surface area contributed by atoms with Gasteiger partial charge in [0.25, 0.3) is 11.5 Å². The fraction of sp³-hybridized carbons (Fsp3) is 0.545. The van der Waals surface area contributed by atoms with Gasteiger partial charge in [0.2, 0.25) is 0 Å². The number of rotatable bonds is 7. The van der Waals surface area contributed by atoms with E-state index in [2.05, 4.69) is 15.5 Å². The molecule has 0 atom stereocenters. The van der Waals surface area contributed by atoms with E-state index < -0.39 is 12.2 Å². The zero-order valence-corrected chi connectivity index (χ0v) is 10.4. The summed E-state index contributed by atoms with van der Waals surface area (Å²) in [5.41, 5.74) is -0.214. The Labute approximate surface area is 104 Å². The first-order chi connectivity index (χ1) is 8.67. The molecule has 0 aliphatic heterocycles. The van der Waals surface area contributed by atoms with Gasteiger partial charge < -0.3 is 14.8 Å². The summed E-state index contributed by atoms with van der Waals surface area (Å²) in [4.78, 5) is 22.5. The lowest BCUT2D eigenvalue weighted by molar-refractivity contribution is -0.131. The number of nitrogens with one attached hydrogen (secondary N) is 2. The molecule has 0 aliphatic rings. The molecule has 7 nitrogen and oxygen atoms in total. The highest BCUT2D eigenvalue weighted by atomic mass is 16.7. The van der Waals surface area contributed by atoms with Crippen molar-refractivity contribution in [1.82, 2.24) is 15.5 Å². The maximum atomic E-state index is 11.7. The van der Waals surface area contributed by atoms with Crippen LogP contribution in [0.3, 0.4) is 0 Å². The number of carbonyl (C=O) groups excluding carboxylic acids is 1. The summed E-state index contributed by atoms with van der Waals surface area (Å²) in [6.07, 6.45) is -0.480. The molecule has 0 bridgehead atoms. The summed E-state index contributed by atoms with van der Waals surface area (Å²) >= 11 is 0. The van der Waals surface area contributed by atoms with Crippen LogP contribution in [0.1, 0.15) is 24.3 Å². The molecule has 7 heteroatoms. The largest absolute Gasteiger partial charge is 0.351 e. The first kappa shape index (κ1) is 14.3. The zero-order valence-electron chi connectivity index (χ0n) is 10.4. The van der Waals surface area contributed by atoms with Crippen LogP contribution in [0.15, 0.2) is 16.9 Å². The lowest BCUT2D eigenvalue weighted by Gasteiger charge is -2.17. The van der Waals surface area contributed by atoms with Gasteiger partial charge in [-0.2, -0.15) is 5.10 Å². The van der Waals surface area contributed by atoms with Crippen molar-refractivity contribution >= 4 is 5.91 Å². The Morgan fingerprint density at radius 3 is 2.56 bits per heavy atom. The van der Waals surface area contributed by atoms with Gasteiger partial charge in [0.15, 0.2) is 6.29 Å². The number of hydrogen-bond acceptors (Lipinski definition) is 5. The van der Waals surface area contributed by atoms with Crippen LogP contribution in [0.2, 0.25) is 0 Å². The second kappa shape index (κ2) is 7.57. The van der Waals surface area contributed by atoms with Crippen molar-refractivity contribution in [1.29, 1.82) is 0 Å². The highest BCUT2D eigenvalue weighted by molar-refractivity contribution is 5.91. The molecule has 1 heterocycles. The van der Waals surface area contributed by atoms with Crippen LogP contribution in [0.25, 0.3) is 0 Å². The maximum absolute atomic E-state index is 11.7. The van der Waals surface area contributed by atoms with Crippen molar-refractivity contribution < 1.29 is 14.3 Å². The summed E-state index contributed by atoms with van der Waals surface area (Å²) in [5.74, 6) is -0.393. The van der Waals surface area contributed by atoms with Gasteiger partial charge in [-0.1, -0.05) is 0 Å². The predicted molar refractivity (Wildman–Crippen MR) is 64.2 cm³/mol. The van der Waals surface area contributed by atoms with Crippen LogP contribution in [0, 0.1) is 0 Å². The summed E-state index contributed by atoms with van der Waals surface area (Å²) < 4.78 is 10.5. The van der Waals surface area contributed by atoms with Crippen molar-refractivity contribution in [3.63, 3.8) is 0 Å². The SMILES string of the molecule is CCOC(CNC(=O)c1ccc(=O)[nH]n1)OCC. The van der Waals surface area contributed by atoms with Crippen molar-refractivity contribution in [3.05, 3.63) is 28.2 Å². The Hall–Kier alpha value is -1.73. The van der Waals surface area contributed by atoms with Gasteiger partial charge in [0.1, 0.15) is 5.69 Å². The van der Waals surface area contributed by atoms with Crippen LogP contribution in [0.5, 0.6) is 0 Å². The molecule has 1 aromatic rings. The average Bonchev–Trinajstić information content (AvgIpc) is 2.37. The molecule has 0 unspecified atom stereocenters. The monoisotopic (exact) mass is 255 g/mol. The van der Waals surface area contributed by atoms with E-state index in [1.807, 2.05) is 13.8 Å². The normalized spacial score (nSPS) is 10.6. The molecule has 0 aromatic carbocycles. The first-order valence-electron chi connectivity index (χ1n) is 5.74. The molecule has 0 saturated heterocycles. The van der Waals surface area contributed by atoms with E-state index in [9.17, 15) is 9.59 Å². The fourth-order valence-electron chi connectivity index (χ4n) is 1.28. The van der Waals surface area contributed by atoms with Crippen molar-refractivity contribution in [2.75, 3.05) is 19.8 Å². The number of H-pyrrole nitrogens is 1. The Bertz CT molecular complexity index is 406. The number of aromatic amines is 1. The van der Waals surface area contributed by atoms with Crippen LogP contribution in [-0.4, -0.2) is 42.2 Å². The van der Waals surface area contributed by atoms with Gasteiger partial charge in [-0.3, -0.25) is 9.59 Å². The lowest BCUT2D eigenvalue weighted by Crippen LogP contribution is -2.36. The van der Waals surface area contributed by atoms with Gasteiger partial charge in [-0.25, -0.2) is 5.10 Å². The average molecular weight is 255 g/mol. The van der Waals surface area contributed by atoms with Crippen LogP contribution >= 0.6 is 0 Å². The van der Waals surface area contributed by atoms with Crippen LogP contribution < -0.4 is 10.9 Å². The third-order valence-corrected chi connectivity index (χ3v) is 2.05. The standard InChI is InChI=1S/C11H17N3O4/c1-3-17-10(18-4-2)7-12-11(16)8-5-6-9(15)14-13-8/h5-6,10H,3-4,7H2,1-2H3,(H,12,16)(H,14,15). The Morgan fingerprint density at radius 2 is 2.06 bits per heavy atom. The molecular formula is C11H17N3O4. The third-order valence-electron chi connectivity index (χ3n) is 2.05. The summed E-state index contributed by atoms with van der Waals surface area (Å²) in [5, 5.41) is 8.42. The molecule has 1 amide bonds. The first-order valence-corrected chi connectivity index (χ1v) is 5.74. The predicted octanol–water partition coefficient (Wildman–Crippen LogP) is -0.101. The van der Waals surface area contributed by atoms with Crippen molar-refractivity contribution in [3.8, 4) is 0 Å². The fourth-order valence-corrected chi connectivity index (χ4v) is 1.28. The quantitative estimate of drug-likeness (QED) is 0.663.